The van der Waals surface area contributed by atoms with Crippen molar-refractivity contribution in [3.8, 4) is 0 Å². The third kappa shape index (κ3) is 2.68. The molecule has 0 saturated heterocycles. The number of rotatable bonds is 2. The summed E-state index contributed by atoms with van der Waals surface area (Å²) in [6.07, 6.45) is 6.22. The van der Waals surface area contributed by atoms with Crippen molar-refractivity contribution in [1.29, 1.82) is 0 Å². The Morgan fingerprint density at radius 1 is 1.00 bits per heavy atom. The molecular formula is C11H18O2. The van der Waals surface area contributed by atoms with Crippen molar-refractivity contribution in [2.75, 3.05) is 0 Å². The quantitative estimate of drug-likeness (QED) is 0.683. The van der Waals surface area contributed by atoms with Crippen molar-refractivity contribution in [1.82, 2.24) is 0 Å². The van der Waals surface area contributed by atoms with Gasteiger partial charge in [0.05, 0.1) is 12.2 Å². The molecule has 0 aromatic carbocycles. The van der Waals surface area contributed by atoms with E-state index in [1.54, 1.807) is 13.8 Å². The number of allylic oxidation sites excluding steroid dienone is 2. The molecule has 2 heteroatoms. The fourth-order valence-corrected chi connectivity index (χ4v) is 1.69. The zero-order chi connectivity index (χ0) is 9.84. The van der Waals surface area contributed by atoms with E-state index in [9.17, 15) is 10.2 Å². The minimum atomic E-state index is -0.473. The molecule has 0 fully saturated rings. The Balaban J connectivity index is 2.90. The van der Waals surface area contributed by atoms with Crippen molar-refractivity contribution in [2.45, 2.75) is 45.3 Å². The first-order valence-electron chi connectivity index (χ1n) is 4.89. The molecule has 1 aliphatic carbocycles. The second kappa shape index (κ2) is 4.58. The minimum Gasteiger partial charge on any atom is -0.389 e. The largest absolute Gasteiger partial charge is 0.389 e. The topological polar surface area (TPSA) is 40.5 Å². The lowest BCUT2D eigenvalue weighted by Gasteiger charge is -2.16. The number of aliphatic hydroxyl groups excluding tert-OH is 2. The minimum absolute atomic E-state index is 0.473. The van der Waals surface area contributed by atoms with Gasteiger partial charge in [-0.1, -0.05) is 12.2 Å². The summed E-state index contributed by atoms with van der Waals surface area (Å²) < 4.78 is 0. The molecule has 13 heavy (non-hydrogen) atoms. The highest BCUT2D eigenvalue weighted by atomic mass is 16.3. The van der Waals surface area contributed by atoms with E-state index in [2.05, 4.69) is 0 Å². The van der Waals surface area contributed by atoms with Crippen molar-refractivity contribution in [3.05, 3.63) is 23.3 Å². The Labute approximate surface area is 79.6 Å². The molecule has 0 aromatic rings. The summed E-state index contributed by atoms with van der Waals surface area (Å²) in [5.74, 6) is 0. The van der Waals surface area contributed by atoms with E-state index >= 15 is 0 Å². The van der Waals surface area contributed by atoms with Crippen LogP contribution in [0.5, 0.6) is 0 Å². The molecule has 74 valence electrons. The van der Waals surface area contributed by atoms with Gasteiger partial charge in [-0.3, -0.25) is 0 Å². The van der Waals surface area contributed by atoms with Crippen LogP contribution in [0.1, 0.15) is 33.1 Å². The molecule has 0 saturated carbocycles. The molecule has 0 spiro atoms. The fraction of sp³-hybridized carbons (Fsp3) is 0.636. The van der Waals surface area contributed by atoms with Crippen LogP contribution < -0.4 is 0 Å². The van der Waals surface area contributed by atoms with Crippen molar-refractivity contribution < 1.29 is 10.2 Å². The maximum atomic E-state index is 9.50. The summed E-state index contributed by atoms with van der Waals surface area (Å²) in [7, 11) is 0. The lowest BCUT2D eigenvalue weighted by molar-refractivity contribution is 0.207. The molecule has 2 N–H and O–H groups in total. The molecule has 0 heterocycles. The molecular weight excluding hydrogens is 164 g/mol. The van der Waals surface area contributed by atoms with Crippen LogP contribution in [0.2, 0.25) is 0 Å². The summed E-state index contributed by atoms with van der Waals surface area (Å²) in [4.78, 5) is 0. The standard InChI is InChI=1S/C11H18O2/c1-8(12)10-6-4-3-5-7-11(10)9(2)13/h6-9,12-13H,3-5H2,1-2H3. The highest BCUT2D eigenvalue weighted by molar-refractivity contribution is 5.37. The van der Waals surface area contributed by atoms with Crippen LogP contribution in [0.25, 0.3) is 0 Å². The van der Waals surface area contributed by atoms with Crippen LogP contribution in [-0.4, -0.2) is 22.4 Å². The normalized spacial score (nSPS) is 22.8. The Kier molecular flexibility index (Phi) is 3.70. The van der Waals surface area contributed by atoms with Crippen LogP contribution in [0.4, 0.5) is 0 Å². The lowest BCUT2D eigenvalue weighted by atomic mass is 9.97. The Morgan fingerprint density at radius 2 is 1.38 bits per heavy atom. The van der Waals surface area contributed by atoms with Gasteiger partial charge in [0.2, 0.25) is 0 Å². The van der Waals surface area contributed by atoms with Crippen LogP contribution in [0, 0.1) is 0 Å². The van der Waals surface area contributed by atoms with Crippen LogP contribution >= 0.6 is 0 Å². The molecule has 1 rings (SSSR count). The van der Waals surface area contributed by atoms with E-state index in [1.165, 1.54) is 0 Å². The van der Waals surface area contributed by atoms with Gasteiger partial charge in [0.15, 0.2) is 0 Å². The maximum absolute atomic E-state index is 9.50. The van der Waals surface area contributed by atoms with E-state index in [0.717, 1.165) is 30.4 Å². The molecule has 0 radical (unpaired) electrons. The maximum Gasteiger partial charge on any atom is 0.0762 e. The number of aliphatic hydroxyl groups is 2. The average molecular weight is 182 g/mol. The highest BCUT2D eigenvalue weighted by Gasteiger charge is 2.16. The summed E-state index contributed by atoms with van der Waals surface area (Å²) >= 11 is 0. The molecule has 2 unspecified atom stereocenters. The average Bonchev–Trinajstić information content (AvgIpc) is 2.27. The second-order valence-electron chi connectivity index (χ2n) is 3.60. The first kappa shape index (κ1) is 10.5. The second-order valence-corrected chi connectivity index (χ2v) is 3.60. The molecule has 0 aliphatic heterocycles. The molecule has 2 atom stereocenters. The van der Waals surface area contributed by atoms with E-state index in [1.807, 2.05) is 12.2 Å². The Morgan fingerprint density at radius 3 is 1.69 bits per heavy atom. The summed E-state index contributed by atoms with van der Waals surface area (Å²) in [5, 5.41) is 19.0. The number of hydrogen-bond donors (Lipinski definition) is 2. The Hall–Kier alpha value is -0.600. The van der Waals surface area contributed by atoms with E-state index in [0.29, 0.717) is 0 Å². The zero-order valence-electron chi connectivity index (χ0n) is 8.33. The van der Waals surface area contributed by atoms with Gasteiger partial charge in [0, 0.05) is 0 Å². The number of hydrogen-bond acceptors (Lipinski definition) is 2. The first-order valence-corrected chi connectivity index (χ1v) is 4.89. The Bertz CT molecular complexity index is 200. The van der Waals surface area contributed by atoms with Crippen molar-refractivity contribution >= 4 is 0 Å². The summed E-state index contributed by atoms with van der Waals surface area (Å²) in [5.41, 5.74) is 1.79. The zero-order valence-corrected chi connectivity index (χ0v) is 8.33. The van der Waals surface area contributed by atoms with Crippen LogP contribution in [0.3, 0.4) is 0 Å². The summed E-state index contributed by atoms with van der Waals surface area (Å²) in [6.45, 7) is 3.49. The predicted molar refractivity (Wildman–Crippen MR) is 53.4 cm³/mol. The van der Waals surface area contributed by atoms with Gasteiger partial charge in [-0.2, -0.15) is 0 Å². The van der Waals surface area contributed by atoms with Gasteiger partial charge < -0.3 is 10.2 Å². The molecule has 1 aliphatic rings. The SMILES string of the molecule is CC(O)C1=CCCCC=C1C(C)O. The fourth-order valence-electron chi connectivity index (χ4n) is 1.69. The van der Waals surface area contributed by atoms with Gasteiger partial charge >= 0.3 is 0 Å². The van der Waals surface area contributed by atoms with E-state index < -0.39 is 12.2 Å². The van der Waals surface area contributed by atoms with Gasteiger partial charge in [-0.05, 0) is 44.3 Å². The summed E-state index contributed by atoms with van der Waals surface area (Å²) in [6, 6.07) is 0. The highest BCUT2D eigenvalue weighted by Crippen LogP contribution is 2.23. The van der Waals surface area contributed by atoms with Gasteiger partial charge in [-0.15, -0.1) is 0 Å². The molecule has 2 nitrogen and oxygen atoms in total. The lowest BCUT2D eigenvalue weighted by Crippen LogP contribution is -2.15. The molecule has 0 bridgehead atoms. The predicted octanol–water partition coefficient (Wildman–Crippen LogP) is 1.78. The van der Waals surface area contributed by atoms with Crippen molar-refractivity contribution in [2.24, 2.45) is 0 Å². The monoisotopic (exact) mass is 182 g/mol. The first-order chi connectivity index (χ1) is 6.13. The molecule has 0 amide bonds. The van der Waals surface area contributed by atoms with E-state index in [-0.39, 0.29) is 0 Å². The van der Waals surface area contributed by atoms with E-state index in [4.69, 9.17) is 0 Å². The smallest absolute Gasteiger partial charge is 0.0762 e. The van der Waals surface area contributed by atoms with Gasteiger partial charge in [0.1, 0.15) is 0 Å². The van der Waals surface area contributed by atoms with Crippen molar-refractivity contribution in [3.63, 3.8) is 0 Å². The third-order valence-electron chi connectivity index (χ3n) is 2.37. The van der Waals surface area contributed by atoms with Crippen LogP contribution in [-0.2, 0) is 0 Å². The van der Waals surface area contributed by atoms with Gasteiger partial charge in [-0.25, -0.2) is 0 Å². The third-order valence-corrected chi connectivity index (χ3v) is 2.37. The van der Waals surface area contributed by atoms with Gasteiger partial charge in [0.25, 0.3) is 0 Å². The van der Waals surface area contributed by atoms with Crippen LogP contribution in [0.15, 0.2) is 23.3 Å². The molecule has 0 aromatic heterocycles.